The predicted octanol–water partition coefficient (Wildman–Crippen LogP) is 16.8. The largest absolute Gasteiger partial charge is 0.477 e. The fourth-order valence-electron chi connectivity index (χ4n) is 6.70. The van der Waals surface area contributed by atoms with E-state index in [9.17, 15) is 19.5 Å². The van der Waals surface area contributed by atoms with Gasteiger partial charge in [0.05, 0.1) is 34.4 Å². The van der Waals surface area contributed by atoms with Crippen LogP contribution in [-0.4, -0.2) is 87.4 Å². The topological polar surface area (TPSA) is 108 Å². The van der Waals surface area contributed by atoms with Gasteiger partial charge in [0.25, 0.3) is 6.29 Å². The van der Waals surface area contributed by atoms with E-state index in [2.05, 4.69) is 172 Å². The van der Waals surface area contributed by atoms with Gasteiger partial charge in [-0.2, -0.15) is 0 Å². The molecule has 9 heteroatoms. The maximum Gasteiger partial charge on any atom is 0.361 e. The van der Waals surface area contributed by atoms with Crippen molar-refractivity contribution in [1.82, 2.24) is 0 Å². The van der Waals surface area contributed by atoms with E-state index in [1.54, 1.807) is 0 Å². The first kappa shape index (κ1) is 69.7. The standard InChI is InChI=1S/C66H101NO8/c1-6-8-10-12-14-16-18-20-21-22-23-24-25-26-27-28-29-30-31-32-33-34-35-36-37-38-39-40-41-42-43-45-47-49-51-53-55-57-64(69)75-62(61-74-66(65(70)71)72-59-58-67(3,4)5)60-73-63(68)56-54-52-50-48-46-44-19-17-15-13-11-9-7-2/h8-11,14-17,20-21,23-24,26-27,29-30,32-33,35-36,38-39,41-42,44,46,50,52,62,66H,6-7,12-13,18-19,22,25,28,31,34,37,40,43,45,47-49,51,53-61H2,1-5H3/p+1/b10-8-,11-9-,16-14-,17-15-,21-20-,24-23-,27-26-,30-29-,33-32-,36-35-,39-38-,42-41-,46-44-,52-50-. The first-order valence-corrected chi connectivity index (χ1v) is 28.3. The third-order valence-corrected chi connectivity index (χ3v) is 11.0. The molecule has 0 aromatic rings. The highest BCUT2D eigenvalue weighted by Gasteiger charge is 2.25. The zero-order valence-electron chi connectivity index (χ0n) is 47.4. The summed E-state index contributed by atoms with van der Waals surface area (Å²) in [4.78, 5) is 37.2. The van der Waals surface area contributed by atoms with Gasteiger partial charge in [-0.1, -0.05) is 210 Å². The van der Waals surface area contributed by atoms with Crippen LogP contribution in [0.15, 0.2) is 170 Å². The molecule has 0 aromatic carbocycles. The lowest BCUT2D eigenvalue weighted by atomic mass is 10.1. The highest BCUT2D eigenvalue weighted by Crippen LogP contribution is 2.12. The summed E-state index contributed by atoms with van der Waals surface area (Å²) < 4.78 is 22.7. The van der Waals surface area contributed by atoms with Gasteiger partial charge in [-0.15, -0.1) is 0 Å². The third-order valence-electron chi connectivity index (χ3n) is 11.0. The molecule has 9 nitrogen and oxygen atoms in total. The number of esters is 2. The molecule has 0 aromatic heterocycles. The minimum atomic E-state index is -1.54. The molecule has 0 saturated heterocycles. The lowest BCUT2D eigenvalue weighted by Gasteiger charge is -2.25. The molecule has 0 spiro atoms. The van der Waals surface area contributed by atoms with Gasteiger partial charge in [0, 0.05) is 12.8 Å². The number of aliphatic carboxylic acids is 1. The van der Waals surface area contributed by atoms with Crippen LogP contribution < -0.4 is 0 Å². The summed E-state index contributed by atoms with van der Waals surface area (Å²) in [5, 5.41) is 9.67. The number of carbonyl (C=O) groups excluding carboxylic acids is 2. The van der Waals surface area contributed by atoms with Gasteiger partial charge < -0.3 is 28.5 Å². The Kier molecular flexibility index (Phi) is 51.0. The van der Waals surface area contributed by atoms with Crippen molar-refractivity contribution in [2.45, 2.75) is 180 Å². The van der Waals surface area contributed by atoms with Crippen LogP contribution in [0.1, 0.15) is 168 Å². The van der Waals surface area contributed by atoms with Crippen LogP contribution in [0.4, 0.5) is 0 Å². The summed E-state index contributed by atoms with van der Waals surface area (Å²) >= 11 is 0. The molecule has 0 radical (unpaired) electrons. The Morgan fingerprint density at radius 1 is 0.400 bits per heavy atom. The summed E-state index contributed by atoms with van der Waals surface area (Å²) in [6.45, 7) is 4.49. The number of unbranched alkanes of at least 4 members (excludes halogenated alkanes) is 6. The van der Waals surface area contributed by atoms with Gasteiger partial charge in [0.1, 0.15) is 13.2 Å². The highest BCUT2D eigenvalue weighted by atomic mass is 16.7. The van der Waals surface area contributed by atoms with Gasteiger partial charge in [0.15, 0.2) is 6.10 Å². The smallest absolute Gasteiger partial charge is 0.361 e. The fourth-order valence-corrected chi connectivity index (χ4v) is 6.70. The van der Waals surface area contributed by atoms with Crippen molar-refractivity contribution in [3.05, 3.63) is 170 Å². The molecular weight excluding hydrogens is 935 g/mol. The molecule has 0 amide bonds. The lowest BCUT2D eigenvalue weighted by molar-refractivity contribution is -0.870. The molecule has 2 unspecified atom stereocenters. The molecule has 0 saturated carbocycles. The average molecular weight is 1040 g/mol. The highest BCUT2D eigenvalue weighted by molar-refractivity contribution is 5.71. The van der Waals surface area contributed by atoms with Crippen LogP contribution in [0.3, 0.4) is 0 Å². The van der Waals surface area contributed by atoms with Crippen LogP contribution in [-0.2, 0) is 33.3 Å². The van der Waals surface area contributed by atoms with E-state index in [0.717, 1.165) is 128 Å². The molecule has 0 aliphatic heterocycles. The summed E-state index contributed by atoms with van der Waals surface area (Å²) in [5.74, 6) is -2.16. The van der Waals surface area contributed by atoms with E-state index in [1.165, 1.54) is 0 Å². The first-order chi connectivity index (χ1) is 36.6. The molecule has 75 heavy (non-hydrogen) atoms. The summed E-state index contributed by atoms with van der Waals surface area (Å²) in [6, 6.07) is 0. The van der Waals surface area contributed by atoms with Gasteiger partial charge >= 0.3 is 17.9 Å². The van der Waals surface area contributed by atoms with Crippen molar-refractivity contribution in [3.63, 3.8) is 0 Å². The van der Waals surface area contributed by atoms with Crippen molar-refractivity contribution in [2.24, 2.45) is 0 Å². The van der Waals surface area contributed by atoms with Crippen molar-refractivity contribution in [2.75, 3.05) is 47.5 Å². The minimum Gasteiger partial charge on any atom is -0.477 e. The van der Waals surface area contributed by atoms with E-state index < -0.39 is 30.3 Å². The second-order valence-electron chi connectivity index (χ2n) is 19.1. The molecule has 418 valence electrons. The average Bonchev–Trinajstić information content (AvgIpc) is 3.38. The van der Waals surface area contributed by atoms with Crippen molar-refractivity contribution < 1.29 is 42.9 Å². The normalized spacial score (nSPS) is 14.1. The molecule has 0 fully saturated rings. The lowest BCUT2D eigenvalue weighted by Crippen LogP contribution is -2.40. The third kappa shape index (κ3) is 56.2. The minimum absolute atomic E-state index is 0.164. The Balaban J connectivity index is 4.30. The van der Waals surface area contributed by atoms with Crippen molar-refractivity contribution in [3.8, 4) is 0 Å². The second-order valence-corrected chi connectivity index (χ2v) is 19.1. The molecule has 0 aliphatic rings. The quantitative estimate of drug-likeness (QED) is 0.0211. The van der Waals surface area contributed by atoms with Gasteiger partial charge in [-0.05, 0) is 116 Å². The monoisotopic (exact) mass is 1040 g/mol. The van der Waals surface area contributed by atoms with Crippen LogP contribution in [0.5, 0.6) is 0 Å². The predicted molar refractivity (Wildman–Crippen MR) is 317 cm³/mol. The van der Waals surface area contributed by atoms with E-state index in [4.69, 9.17) is 18.9 Å². The number of carboxylic acids is 1. The number of ether oxygens (including phenoxy) is 4. The molecule has 0 heterocycles. The Morgan fingerprint density at radius 3 is 1.12 bits per heavy atom. The summed E-state index contributed by atoms with van der Waals surface area (Å²) in [6.07, 6.45) is 80.3. The summed E-state index contributed by atoms with van der Waals surface area (Å²) in [5.41, 5.74) is 0. The molecule has 1 N–H and O–H groups in total. The van der Waals surface area contributed by atoms with Gasteiger partial charge in [0.2, 0.25) is 0 Å². The van der Waals surface area contributed by atoms with Gasteiger partial charge in [-0.3, -0.25) is 9.59 Å². The zero-order chi connectivity index (χ0) is 54.8. The number of quaternary nitrogens is 1. The van der Waals surface area contributed by atoms with Crippen LogP contribution >= 0.6 is 0 Å². The van der Waals surface area contributed by atoms with Gasteiger partial charge in [-0.25, -0.2) is 4.79 Å². The number of nitrogens with zero attached hydrogens (tertiary/aromatic N) is 1. The maximum atomic E-state index is 12.8. The Morgan fingerprint density at radius 2 is 0.747 bits per heavy atom. The van der Waals surface area contributed by atoms with E-state index in [-0.39, 0.29) is 32.7 Å². The van der Waals surface area contributed by atoms with E-state index in [1.807, 2.05) is 33.3 Å². The SMILES string of the molecule is CC/C=C\C/C=C\C/C=C\C/C=C\C/C=C\C/C=C\C/C=C\C/C=C\C/C=C\C/C=C\CCCCCCCCC(=O)OC(COC(=O)CC/C=C\C/C=C\C/C=C\C/C=C\CC)COC(OCC[N+](C)(C)C)C(=O)O. The van der Waals surface area contributed by atoms with E-state index >= 15 is 0 Å². The number of hydrogen-bond acceptors (Lipinski definition) is 7. The molecular formula is C66H102NO8+. The molecule has 0 bridgehead atoms. The number of carboxylic acid groups (broad SMARTS) is 1. The molecule has 2 atom stereocenters. The number of allylic oxidation sites excluding steroid dienone is 28. The number of hydrogen-bond donors (Lipinski definition) is 1. The molecule has 0 rings (SSSR count). The molecule has 0 aliphatic carbocycles. The second kappa shape index (κ2) is 54.9. The summed E-state index contributed by atoms with van der Waals surface area (Å²) in [7, 11) is 5.92. The Bertz CT molecular complexity index is 1830. The Labute approximate surface area is 457 Å². The van der Waals surface area contributed by atoms with E-state index in [0.29, 0.717) is 23.9 Å². The Hall–Kier alpha value is -5.35. The van der Waals surface area contributed by atoms with Crippen LogP contribution in [0.25, 0.3) is 0 Å². The van der Waals surface area contributed by atoms with Crippen molar-refractivity contribution in [1.29, 1.82) is 0 Å². The zero-order valence-corrected chi connectivity index (χ0v) is 47.4. The van der Waals surface area contributed by atoms with Crippen LogP contribution in [0.2, 0.25) is 0 Å². The number of carbonyl (C=O) groups is 3. The fraction of sp³-hybridized carbons (Fsp3) is 0.530. The first-order valence-electron chi connectivity index (χ1n) is 28.3. The maximum absolute atomic E-state index is 12.8. The van der Waals surface area contributed by atoms with Crippen LogP contribution in [0, 0.1) is 0 Å². The number of likely N-dealkylation sites (N-methyl/N-ethyl adjacent to an activating group) is 1. The number of rotatable bonds is 49. The van der Waals surface area contributed by atoms with Crippen molar-refractivity contribution >= 4 is 17.9 Å².